The van der Waals surface area contributed by atoms with Gasteiger partial charge in [0.15, 0.2) is 12.4 Å². The van der Waals surface area contributed by atoms with Crippen LogP contribution in [0.1, 0.15) is 111 Å². The van der Waals surface area contributed by atoms with Gasteiger partial charge < -0.3 is 24.1 Å². The summed E-state index contributed by atoms with van der Waals surface area (Å²) < 4.78 is 25.1. The van der Waals surface area contributed by atoms with Gasteiger partial charge in [0.25, 0.3) is 0 Å². The topological polar surface area (TPSA) is 94.5 Å². The third-order valence-corrected chi connectivity index (χ3v) is 15.3. The predicted octanol–water partition coefficient (Wildman–Crippen LogP) is 6.95. The molecule has 0 radical (unpaired) electrons. The molecule has 8 heteroatoms. The largest absolute Gasteiger partial charge is 0.457 e. The molecule has 1 aliphatic heterocycles. The van der Waals surface area contributed by atoms with Crippen molar-refractivity contribution in [2.24, 2.45) is 45.3 Å². The molecule has 6 aliphatic rings. The minimum atomic E-state index is -1.16. The Kier molecular flexibility index (Phi) is 9.66. The average molecular weight is 694 g/mol. The van der Waals surface area contributed by atoms with Crippen LogP contribution < -0.4 is 0 Å². The molecule has 1 N–H and O–H groups in total. The first kappa shape index (κ1) is 36.5. The number of likely N-dealkylation sites (N-methyl/N-ethyl adjacent to an activating group) is 1. The van der Waals surface area contributed by atoms with E-state index in [1.54, 1.807) is 13.8 Å². The van der Waals surface area contributed by atoms with Gasteiger partial charge in [-0.2, -0.15) is 0 Å². The number of carbonyl (C=O) groups excluding carboxylic acids is 2. The number of esters is 1. The van der Waals surface area contributed by atoms with E-state index in [2.05, 4.69) is 57.0 Å². The van der Waals surface area contributed by atoms with Crippen molar-refractivity contribution in [2.45, 2.75) is 149 Å². The van der Waals surface area contributed by atoms with Gasteiger partial charge in [0.2, 0.25) is 6.29 Å². The fourth-order valence-corrected chi connectivity index (χ4v) is 13.1. The minimum Gasteiger partial charge on any atom is -0.457 e. The van der Waals surface area contributed by atoms with E-state index >= 15 is 0 Å². The van der Waals surface area contributed by atoms with Gasteiger partial charge in [-0.3, -0.25) is 14.5 Å². The highest BCUT2D eigenvalue weighted by Gasteiger charge is 2.80. The summed E-state index contributed by atoms with van der Waals surface area (Å²) in [5.41, 5.74) is 1.12. The van der Waals surface area contributed by atoms with E-state index in [0.717, 1.165) is 51.0 Å². The third kappa shape index (κ3) is 6.11. The van der Waals surface area contributed by atoms with Crippen molar-refractivity contribution >= 4 is 12.3 Å². The highest BCUT2D eigenvalue weighted by Crippen LogP contribution is 2.87. The van der Waals surface area contributed by atoms with Gasteiger partial charge in [-0.15, -0.1) is 0 Å². The maximum atomic E-state index is 12.2. The number of rotatable bonds is 12. The van der Waals surface area contributed by atoms with Crippen molar-refractivity contribution in [1.82, 2.24) is 4.90 Å². The van der Waals surface area contributed by atoms with Crippen LogP contribution in [0, 0.1) is 45.3 Å². The second-order valence-corrected chi connectivity index (χ2v) is 18.7. The SMILES string of the molecule is CC(=O)O[C@@H](C1CCC2C(CC3C4CCC5C(C)(C)[C@@H](OC(C=O)OCCN(C)Cc6ccccc6)CCC56C[C@@]46CC[C@]23C)O1)C(C)(C)O. The van der Waals surface area contributed by atoms with E-state index in [1.807, 2.05) is 6.07 Å². The molecule has 1 heterocycles. The van der Waals surface area contributed by atoms with E-state index in [0.29, 0.717) is 35.2 Å². The van der Waals surface area contributed by atoms with Crippen LogP contribution in [-0.4, -0.2) is 78.8 Å². The summed E-state index contributed by atoms with van der Waals surface area (Å²) >= 11 is 0. The second kappa shape index (κ2) is 13.2. The van der Waals surface area contributed by atoms with E-state index < -0.39 is 18.0 Å². The van der Waals surface area contributed by atoms with E-state index in [9.17, 15) is 14.7 Å². The first-order valence-electron chi connectivity index (χ1n) is 19.6. The summed E-state index contributed by atoms with van der Waals surface area (Å²) in [6.45, 7) is 14.2. The molecule has 0 aromatic heterocycles. The number of nitrogens with zero attached hydrogens (tertiary/aromatic N) is 1. The summed E-state index contributed by atoms with van der Waals surface area (Å²) in [7, 11) is 2.08. The van der Waals surface area contributed by atoms with Crippen molar-refractivity contribution in [1.29, 1.82) is 0 Å². The van der Waals surface area contributed by atoms with Crippen molar-refractivity contribution in [3.63, 3.8) is 0 Å². The monoisotopic (exact) mass is 693 g/mol. The Balaban J connectivity index is 0.986. The summed E-state index contributed by atoms with van der Waals surface area (Å²) in [6.07, 6.45) is 10.7. The number of hydrogen-bond donors (Lipinski definition) is 1. The predicted molar refractivity (Wildman–Crippen MR) is 191 cm³/mol. The lowest BCUT2D eigenvalue weighted by Gasteiger charge is -2.59. The highest BCUT2D eigenvalue weighted by molar-refractivity contribution is 5.66. The van der Waals surface area contributed by atoms with Crippen molar-refractivity contribution in [3.8, 4) is 0 Å². The van der Waals surface area contributed by atoms with Gasteiger partial charge in [0.05, 0.1) is 30.5 Å². The summed E-state index contributed by atoms with van der Waals surface area (Å²) in [6, 6.07) is 10.4. The zero-order valence-corrected chi connectivity index (χ0v) is 31.7. The zero-order valence-electron chi connectivity index (χ0n) is 31.7. The van der Waals surface area contributed by atoms with Crippen LogP contribution in [0.15, 0.2) is 30.3 Å². The second-order valence-electron chi connectivity index (χ2n) is 18.7. The normalized spacial score (nSPS) is 41.1. The molecule has 8 unspecified atom stereocenters. The molecule has 8 nitrogen and oxygen atoms in total. The Bertz CT molecular complexity index is 1390. The molecular weight excluding hydrogens is 630 g/mol. The molecule has 12 atom stereocenters. The van der Waals surface area contributed by atoms with E-state index in [4.69, 9.17) is 18.9 Å². The van der Waals surface area contributed by atoms with Crippen LogP contribution >= 0.6 is 0 Å². The lowest BCUT2D eigenvalue weighted by atomic mass is 9.46. The molecular formula is C42H63NO7. The van der Waals surface area contributed by atoms with Gasteiger partial charge in [0.1, 0.15) is 0 Å². The minimum absolute atomic E-state index is 0.000874. The first-order valence-corrected chi connectivity index (χ1v) is 19.6. The number of carbonyl (C=O) groups is 2. The van der Waals surface area contributed by atoms with Crippen molar-refractivity contribution < 1.29 is 33.6 Å². The van der Waals surface area contributed by atoms with Crippen LogP contribution in [0.3, 0.4) is 0 Å². The van der Waals surface area contributed by atoms with Crippen LogP contribution in [-0.2, 0) is 35.1 Å². The number of aliphatic hydroxyl groups is 1. The first-order chi connectivity index (χ1) is 23.6. The molecule has 6 fully saturated rings. The van der Waals surface area contributed by atoms with E-state index in [1.165, 1.54) is 51.0 Å². The Morgan fingerprint density at radius 3 is 2.46 bits per heavy atom. The Morgan fingerprint density at radius 1 is 1.02 bits per heavy atom. The molecule has 0 bridgehead atoms. The number of fused-ring (bicyclic) bond motifs is 4. The third-order valence-electron chi connectivity index (χ3n) is 15.3. The fraction of sp³-hybridized carbons (Fsp3) is 0.810. The van der Waals surface area contributed by atoms with E-state index in [-0.39, 0.29) is 35.1 Å². The van der Waals surface area contributed by atoms with Crippen LogP contribution in [0.25, 0.3) is 0 Å². The van der Waals surface area contributed by atoms with Gasteiger partial charge in [-0.1, -0.05) is 51.1 Å². The standard InChI is InChI=1S/C42H63NO7/c1-27(45)48-37(39(4,5)46)32-15-13-30-33(49-32)23-31-29-14-16-34-38(2,3)35(17-18-42(34)26-41(29,42)20-19-40(30,31)6)50-36(25-44)47-22-21-43(7)24-28-11-9-8-10-12-28/h8-12,25,29-37,46H,13-24,26H2,1-7H3/t29?,30?,31?,32?,33?,34?,35-,36?,37-,40+,41-,42?/m0/s1. The molecule has 50 heavy (non-hydrogen) atoms. The van der Waals surface area contributed by atoms with Crippen LogP contribution in [0.4, 0.5) is 0 Å². The smallest absolute Gasteiger partial charge is 0.303 e. The maximum absolute atomic E-state index is 12.2. The molecule has 2 spiro atoms. The fourth-order valence-electron chi connectivity index (χ4n) is 13.1. The summed E-state index contributed by atoms with van der Waals surface area (Å²) in [5, 5.41) is 10.9. The van der Waals surface area contributed by atoms with Gasteiger partial charge in [0, 0.05) is 20.0 Å². The number of benzene rings is 1. The number of ether oxygens (including phenoxy) is 4. The Morgan fingerprint density at radius 2 is 1.76 bits per heavy atom. The van der Waals surface area contributed by atoms with Gasteiger partial charge in [-0.05, 0) is 136 Å². The average Bonchev–Trinajstić information content (AvgIpc) is 3.63. The molecule has 0 amide bonds. The van der Waals surface area contributed by atoms with Crippen molar-refractivity contribution in [3.05, 3.63) is 35.9 Å². The van der Waals surface area contributed by atoms with Crippen LogP contribution in [0.5, 0.6) is 0 Å². The molecule has 5 aliphatic carbocycles. The lowest BCUT2D eigenvalue weighted by molar-refractivity contribution is -0.218. The van der Waals surface area contributed by atoms with Gasteiger partial charge >= 0.3 is 5.97 Å². The summed E-state index contributed by atoms with van der Waals surface area (Å²) in [5.74, 6) is 2.10. The molecule has 5 saturated carbocycles. The molecule has 1 saturated heterocycles. The molecule has 278 valence electrons. The van der Waals surface area contributed by atoms with Crippen LogP contribution in [0.2, 0.25) is 0 Å². The summed E-state index contributed by atoms with van der Waals surface area (Å²) in [4.78, 5) is 26.4. The number of hydrogen-bond acceptors (Lipinski definition) is 8. The quantitative estimate of drug-likeness (QED) is 0.143. The van der Waals surface area contributed by atoms with Crippen molar-refractivity contribution in [2.75, 3.05) is 20.2 Å². The molecule has 7 rings (SSSR count). The maximum Gasteiger partial charge on any atom is 0.303 e. The molecule has 1 aromatic carbocycles. The Hall–Kier alpha value is -1.84. The Labute approximate surface area is 300 Å². The number of aldehydes is 1. The highest BCUT2D eigenvalue weighted by atomic mass is 16.7. The lowest BCUT2D eigenvalue weighted by Crippen LogP contribution is -2.55. The zero-order chi connectivity index (χ0) is 35.7. The molecule has 1 aromatic rings. The van der Waals surface area contributed by atoms with Gasteiger partial charge in [-0.25, -0.2) is 0 Å².